The van der Waals surface area contributed by atoms with E-state index in [4.69, 9.17) is 4.74 Å². The zero-order valence-electron chi connectivity index (χ0n) is 18.1. The number of phenolic OH excluding ortho intramolecular Hbond substituents is 3. The minimum Gasteiger partial charge on any atom is -0.507 e. The van der Waals surface area contributed by atoms with Crippen LogP contribution in [0.5, 0.6) is 17.2 Å². The van der Waals surface area contributed by atoms with Gasteiger partial charge in [0.25, 0.3) is 6.47 Å². The van der Waals surface area contributed by atoms with Gasteiger partial charge in [0.15, 0.2) is 11.5 Å². The molecular formula is C24H34O7. The topological polar surface area (TPSA) is 124 Å². The Morgan fingerprint density at radius 3 is 2.16 bits per heavy atom. The highest BCUT2D eigenvalue weighted by atomic mass is 16.5. The van der Waals surface area contributed by atoms with E-state index in [0.29, 0.717) is 36.9 Å². The van der Waals surface area contributed by atoms with Gasteiger partial charge in [0.2, 0.25) is 0 Å². The van der Waals surface area contributed by atoms with Crippen molar-refractivity contribution < 1.29 is 34.8 Å². The first-order chi connectivity index (χ1) is 14.8. The highest BCUT2D eigenvalue weighted by Gasteiger charge is 2.49. The molecule has 0 radical (unpaired) electrons. The molecule has 2 fully saturated rings. The van der Waals surface area contributed by atoms with Gasteiger partial charge in [0, 0.05) is 5.56 Å². The molecule has 7 nitrogen and oxygen atoms in total. The van der Waals surface area contributed by atoms with Crippen LogP contribution in [0.2, 0.25) is 0 Å². The molecule has 0 amide bonds. The van der Waals surface area contributed by atoms with Crippen LogP contribution in [-0.4, -0.2) is 38.5 Å². The molecule has 172 valence electrons. The molecule has 0 spiro atoms. The van der Waals surface area contributed by atoms with E-state index in [1.165, 1.54) is 6.07 Å². The van der Waals surface area contributed by atoms with E-state index in [0.717, 1.165) is 70.6 Å². The molecular weight excluding hydrogens is 400 g/mol. The zero-order chi connectivity index (χ0) is 22.5. The predicted molar refractivity (Wildman–Crippen MR) is 114 cm³/mol. The van der Waals surface area contributed by atoms with Crippen LogP contribution < -0.4 is 0 Å². The first-order valence-electron chi connectivity index (χ1n) is 11.4. The summed E-state index contributed by atoms with van der Waals surface area (Å²) in [6, 6.07) is 1.42. The molecule has 31 heavy (non-hydrogen) atoms. The molecule has 4 N–H and O–H groups in total. The maximum absolute atomic E-state index is 11.2. The van der Waals surface area contributed by atoms with Gasteiger partial charge in [-0.25, -0.2) is 0 Å². The molecule has 3 rings (SSSR count). The lowest BCUT2D eigenvalue weighted by molar-refractivity contribution is -0.143. The van der Waals surface area contributed by atoms with Gasteiger partial charge in [-0.15, -0.1) is 0 Å². The quantitative estimate of drug-likeness (QED) is 0.138. The van der Waals surface area contributed by atoms with Crippen LogP contribution in [0, 0.1) is 5.41 Å². The molecule has 2 aliphatic rings. The molecule has 0 unspecified atom stereocenters. The smallest absolute Gasteiger partial charge is 0.309 e. The number of ether oxygens (including phenoxy) is 1. The van der Waals surface area contributed by atoms with E-state index in [1.54, 1.807) is 0 Å². The Kier molecular flexibility index (Phi) is 7.34. The summed E-state index contributed by atoms with van der Waals surface area (Å²) in [7, 11) is 0. The number of benzene rings is 1. The second kappa shape index (κ2) is 9.79. The van der Waals surface area contributed by atoms with Gasteiger partial charge in [0.05, 0.1) is 5.41 Å². The third kappa shape index (κ3) is 5.83. The van der Waals surface area contributed by atoms with Crippen molar-refractivity contribution >= 4 is 12.4 Å². The fraction of sp³-hybridized carbons (Fsp3) is 0.667. The number of aliphatic carboxylic acids is 1. The van der Waals surface area contributed by atoms with Crippen molar-refractivity contribution in [3.05, 3.63) is 17.2 Å². The van der Waals surface area contributed by atoms with Gasteiger partial charge < -0.3 is 25.2 Å². The zero-order valence-corrected chi connectivity index (χ0v) is 18.1. The number of phenols is 3. The van der Waals surface area contributed by atoms with Crippen molar-refractivity contribution in [2.75, 3.05) is 0 Å². The summed E-state index contributed by atoms with van der Waals surface area (Å²) >= 11 is 0. The van der Waals surface area contributed by atoms with Crippen LogP contribution in [0.3, 0.4) is 0 Å². The summed E-state index contributed by atoms with van der Waals surface area (Å²) in [5, 5.41) is 40.1. The van der Waals surface area contributed by atoms with Gasteiger partial charge in [-0.1, -0.05) is 19.3 Å². The fourth-order valence-corrected chi connectivity index (χ4v) is 4.46. The van der Waals surface area contributed by atoms with Crippen molar-refractivity contribution in [2.45, 2.75) is 95.5 Å². The van der Waals surface area contributed by atoms with E-state index in [-0.39, 0.29) is 22.8 Å². The molecule has 1 aromatic carbocycles. The van der Waals surface area contributed by atoms with Crippen LogP contribution in [0.25, 0.3) is 0 Å². The largest absolute Gasteiger partial charge is 0.507 e. The molecule has 7 heteroatoms. The third-order valence-electron chi connectivity index (χ3n) is 7.00. The van der Waals surface area contributed by atoms with Gasteiger partial charge in [-0.3, -0.25) is 9.59 Å². The van der Waals surface area contributed by atoms with Crippen molar-refractivity contribution in [3.63, 3.8) is 0 Å². The number of carboxylic acids is 1. The predicted octanol–water partition coefficient (Wildman–Crippen LogP) is 4.58. The molecule has 1 aromatic rings. The number of aryl methyl sites for hydroxylation is 1. The lowest BCUT2D eigenvalue weighted by Crippen LogP contribution is -2.14. The standard InChI is InChI=1S/C24H34O7/c25-16-31-24(13-14-24)10-6-4-7-17-15-19(26)21(28)18(20(17)27)8-3-1-2-5-9-23(11-12-23)22(29)30/h15-16,26-28H,1-14H2,(H,29,30). The monoisotopic (exact) mass is 434 g/mol. The number of rotatable bonds is 15. The SMILES string of the molecule is O=COC1(CCCCc2cc(O)c(O)c(CCCCCCC3(C(=O)O)CC3)c2O)CC1. The van der Waals surface area contributed by atoms with Crippen molar-refractivity contribution in [1.82, 2.24) is 0 Å². The fourth-order valence-electron chi connectivity index (χ4n) is 4.46. The molecule has 0 atom stereocenters. The Hall–Kier alpha value is -2.44. The average Bonchev–Trinajstić information content (AvgIpc) is 3.65. The summed E-state index contributed by atoms with van der Waals surface area (Å²) in [6.07, 6.45) is 10.9. The second-order valence-corrected chi connectivity index (χ2v) is 9.33. The van der Waals surface area contributed by atoms with Gasteiger partial charge in [-0.2, -0.15) is 0 Å². The average molecular weight is 435 g/mol. The number of hydrogen-bond acceptors (Lipinski definition) is 6. The summed E-state index contributed by atoms with van der Waals surface area (Å²) in [6.45, 7) is 0.513. The summed E-state index contributed by atoms with van der Waals surface area (Å²) in [4.78, 5) is 21.8. The van der Waals surface area contributed by atoms with Crippen molar-refractivity contribution in [3.8, 4) is 17.2 Å². The number of carbonyl (C=O) groups excluding carboxylic acids is 1. The molecule has 0 saturated heterocycles. The van der Waals surface area contributed by atoms with Crippen LogP contribution in [0.1, 0.15) is 88.2 Å². The maximum atomic E-state index is 11.2. The molecule has 0 heterocycles. The van der Waals surface area contributed by atoms with E-state index in [9.17, 15) is 30.0 Å². The number of carbonyl (C=O) groups is 2. The van der Waals surface area contributed by atoms with E-state index in [2.05, 4.69) is 0 Å². The first-order valence-corrected chi connectivity index (χ1v) is 11.4. The highest BCUT2D eigenvalue weighted by molar-refractivity contribution is 5.77. The second-order valence-electron chi connectivity index (χ2n) is 9.33. The minimum atomic E-state index is -0.682. The van der Waals surface area contributed by atoms with E-state index >= 15 is 0 Å². The number of carboxylic acid groups (broad SMARTS) is 1. The summed E-state index contributed by atoms with van der Waals surface area (Å²) in [5.41, 5.74) is 0.232. The molecule has 2 saturated carbocycles. The summed E-state index contributed by atoms with van der Waals surface area (Å²) < 4.78 is 5.14. The van der Waals surface area contributed by atoms with Crippen LogP contribution >= 0.6 is 0 Å². The van der Waals surface area contributed by atoms with Gasteiger partial charge in [-0.05, 0) is 82.3 Å². The lowest BCUT2D eigenvalue weighted by atomic mass is 9.95. The Morgan fingerprint density at radius 1 is 0.903 bits per heavy atom. The van der Waals surface area contributed by atoms with E-state index < -0.39 is 11.4 Å². The first kappa shape index (κ1) is 23.2. The Labute approximate surface area is 183 Å². The van der Waals surface area contributed by atoms with Crippen LogP contribution in [0.4, 0.5) is 0 Å². The molecule has 0 bridgehead atoms. The summed E-state index contributed by atoms with van der Waals surface area (Å²) in [5.74, 6) is -1.12. The molecule has 2 aliphatic carbocycles. The van der Waals surface area contributed by atoms with Crippen molar-refractivity contribution in [2.24, 2.45) is 5.41 Å². The number of hydrogen-bond donors (Lipinski definition) is 4. The maximum Gasteiger partial charge on any atom is 0.309 e. The molecule has 0 aliphatic heterocycles. The lowest BCUT2D eigenvalue weighted by Gasteiger charge is -2.15. The highest BCUT2D eigenvalue weighted by Crippen LogP contribution is 2.50. The van der Waals surface area contributed by atoms with Gasteiger partial charge >= 0.3 is 5.97 Å². The number of unbranched alkanes of at least 4 members (excludes halogenated alkanes) is 4. The molecule has 0 aromatic heterocycles. The number of aromatic hydroxyl groups is 3. The minimum absolute atomic E-state index is 0.0448. The van der Waals surface area contributed by atoms with Gasteiger partial charge in [0.1, 0.15) is 11.4 Å². The Balaban J connectivity index is 1.43. The van der Waals surface area contributed by atoms with Crippen molar-refractivity contribution in [1.29, 1.82) is 0 Å². The Morgan fingerprint density at radius 2 is 1.55 bits per heavy atom. The Bertz CT molecular complexity index is 794. The normalized spacial score (nSPS) is 17.8. The van der Waals surface area contributed by atoms with E-state index in [1.807, 2.05) is 0 Å². The third-order valence-corrected chi connectivity index (χ3v) is 7.00. The van der Waals surface area contributed by atoms with Crippen LogP contribution in [-0.2, 0) is 27.2 Å². The van der Waals surface area contributed by atoms with Crippen LogP contribution in [0.15, 0.2) is 6.07 Å².